The van der Waals surface area contributed by atoms with Crippen LogP contribution in [0.25, 0.3) is 0 Å². The molecule has 0 saturated carbocycles. The molecule has 0 aliphatic heterocycles. The lowest BCUT2D eigenvalue weighted by molar-refractivity contribution is -0.130. The van der Waals surface area contributed by atoms with Crippen LogP contribution in [0.3, 0.4) is 0 Å². The molecule has 0 aliphatic rings. The second-order valence-corrected chi connectivity index (χ2v) is 5.03. The summed E-state index contributed by atoms with van der Waals surface area (Å²) >= 11 is 5.78. The Morgan fingerprint density at radius 2 is 1.65 bits per heavy atom. The summed E-state index contributed by atoms with van der Waals surface area (Å²) in [5, 5.41) is 13.4. The largest absolute Gasteiger partial charge is 0.378 e. The molecule has 104 valence electrons. The fraction of sp³-hybridized carbons (Fsp3) is 0.188. The second-order valence-electron chi connectivity index (χ2n) is 4.60. The third kappa shape index (κ3) is 3.59. The summed E-state index contributed by atoms with van der Waals surface area (Å²) in [4.78, 5) is 12.0. The average molecular weight is 290 g/mol. The zero-order valence-corrected chi connectivity index (χ0v) is 11.8. The van der Waals surface area contributed by atoms with Crippen molar-refractivity contribution >= 4 is 17.5 Å². The van der Waals surface area contributed by atoms with Crippen molar-refractivity contribution in [3.05, 3.63) is 70.7 Å². The molecule has 2 rings (SSSR count). The molecule has 2 aromatic carbocycles. The van der Waals surface area contributed by atoms with E-state index in [0.717, 1.165) is 5.56 Å². The van der Waals surface area contributed by atoms with Crippen molar-refractivity contribution in [2.75, 3.05) is 0 Å². The van der Waals surface area contributed by atoms with Crippen LogP contribution in [0.5, 0.6) is 0 Å². The van der Waals surface area contributed by atoms with Gasteiger partial charge in [-0.05, 0) is 30.2 Å². The van der Waals surface area contributed by atoms with Crippen LogP contribution in [0.4, 0.5) is 0 Å². The highest BCUT2D eigenvalue weighted by molar-refractivity contribution is 6.30. The minimum atomic E-state index is -1.20. The number of amides is 1. The SMILES string of the molecule is CC(NC(=O)C(O)c1ccc(Cl)cc1)c1ccccc1. The summed E-state index contributed by atoms with van der Waals surface area (Å²) in [7, 11) is 0. The van der Waals surface area contributed by atoms with E-state index in [1.807, 2.05) is 37.3 Å². The molecule has 2 atom stereocenters. The van der Waals surface area contributed by atoms with Crippen molar-refractivity contribution in [3.8, 4) is 0 Å². The summed E-state index contributed by atoms with van der Waals surface area (Å²) in [5.41, 5.74) is 1.51. The highest BCUT2D eigenvalue weighted by atomic mass is 35.5. The Labute approximate surface area is 123 Å². The van der Waals surface area contributed by atoms with Gasteiger partial charge in [0.15, 0.2) is 6.10 Å². The van der Waals surface area contributed by atoms with E-state index in [4.69, 9.17) is 11.6 Å². The van der Waals surface area contributed by atoms with E-state index in [-0.39, 0.29) is 6.04 Å². The predicted octanol–water partition coefficient (Wildman–Crippen LogP) is 3.25. The number of aliphatic hydroxyl groups is 1. The van der Waals surface area contributed by atoms with Gasteiger partial charge >= 0.3 is 0 Å². The molecule has 0 aliphatic carbocycles. The van der Waals surface area contributed by atoms with Crippen molar-refractivity contribution in [2.24, 2.45) is 0 Å². The minimum absolute atomic E-state index is 0.161. The topological polar surface area (TPSA) is 49.3 Å². The number of hydrogen-bond donors (Lipinski definition) is 2. The molecule has 0 bridgehead atoms. The first-order valence-corrected chi connectivity index (χ1v) is 6.74. The van der Waals surface area contributed by atoms with Crippen LogP contribution < -0.4 is 5.32 Å². The van der Waals surface area contributed by atoms with E-state index >= 15 is 0 Å². The summed E-state index contributed by atoms with van der Waals surface area (Å²) in [6.45, 7) is 1.88. The lowest BCUT2D eigenvalue weighted by Crippen LogP contribution is -2.31. The first-order chi connectivity index (χ1) is 9.58. The Kier molecular flexibility index (Phi) is 4.77. The van der Waals surface area contributed by atoms with Gasteiger partial charge in [-0.3, -0.25) is 4.79 Å². The van der Waals surface area contributed by atoms with Crippen LogP contribution in [0.15, 0.2) is 54.6 Å². The zero-order chi connectivity index (χ0) is 14.5. The van der Waals surface area contributed by atoms with Crippen molar-refractivity contribution in [3.63, 3.8) is 0 Å². The molecule has 0 spiro atoms. The Morgan fingerprint density at radius 3 is 2.25 bits per heavy atom. The lowest BCUT2D eigenvalue weighted by atomic mass is 10.1. The number of benzene rings is 2. The van der Waals surface area contributed by atoms with E-state index in [9.17, 15) is 9.90 Å². The number of carbonyl (C=O) groups is 1. The zero-order valence-electron chi connectivity index (χ0n) is 11.1. The first kappa shape index (κ1) is 14.6. The number of nitrogens with one attached hydrogen (secondary N) is 1. The van der Waals surface area contributed by atoms with E-state index in [1.54, 1.807) is 24.3 Å². The maximum atomic E-state index is 12.0. The van der Waals surface area contributed by atoms with Crippen LogP contribution >= 0.6 is 11.6 Å². The van der Waals surface area contributed by atoms with Crippen molar-refractivity contribution in [1.82, 2.24) is 5.32 Å². The number of hydrogen-bond acceptors (Lipinski definition) is 2. The quantitative estimate of drug-likeness (QED) is 0.908. The Morgan fingerprint density at radius 1 is 1.05 bits per heavy atom. The van der Waals surface area contributed by atoms with Crippen molar-refractivity contribution in [1.29, 1.82) is 0 Å². The molecule has 2 unspecified atom stereocenters. The highest BCUT2D eigenvalue weighted by Crippen LogP contribution is 2.18. The Balaban J connectivity index is 2.02. The highest BCUT2D eigenvalue weighted by Gasteiger charge is 2.19. The fourth-order valence-corrected chi connectivity index (χ4v) is 2.04. The molecular formula is C16H16ClNO2. The number of aliphatic hydroxyl groups excluding tert-OH is 1. The summed E-state index contributed by atoms with van der Waals surface area (Å²) in [5.74, 6) is -0.427. The smallest absolute Gasteiger partial charge is 0.253 e. The van der Waals surface area contributed by atoms with Gasteiger partial charge in [-0.25, -0.2) is 0 Å². The summed E-state index contributed by atoms with van der Waals surface area (Å²) < 4.78 is 0. The first-order valence-electron chi connectivity index (χ1n) is 6.37. The van der Waals surface area contributed by atoms with E-state index < -0.39 is 12.0 Å². The van der Waals surface area contributed by atoms with Gasteiger partial charge in [0, 0.05) is 5.02 Å². The Hall–Kier alpha value is -1.84. The molecule has 0 aromatic heterocycles. The molecule has 3 nitrogen and oxygen atoms in total. The lowest BCUT2D eigenvalue weighted by Gasteiger charge is -2.17. The van der Waals surface area contributed by atoms with E-state index in [1.165, 1.54) is 0 Å². The third-order valence-electron chi connectivity index (χ3n) is 3.09. The van der Waals surface area contributed by atoms with Gasteiger partial charge in [0.2, 0.25) is 0 Å². The van der Waals surface area contributed by atoms with Crippen LogP contribution in [0, 0.1) is 0 Å². The molecule has 1 amide bonds. The van der Waals surface area contributed by atoms with Gasteiger partial charge < -0.3 is 10.4 Å². The monoisotopic (exact) mass is 289 g/mol. The standard InChI is InChI=1S/C16H16ClNO2/c1-11(12-5-3-2-4-6-12)18-16(20)15(19)13-7-9-14(17)10-8-13/h2-11,15,19H,1H3,(H,18,20). The molecule has 0 heterocycles. The van der Waals surface area contributed by atoms with Crippen molar-refractivity contribution < 1.29 is 9.90 Å². The van der Waals surface area contributed by atoms with Crippen LogP contribution in [0.2, 0.25) is 5.02 Å². The second kappa shape index (κ2) is 6.55. The van der Waals surface area contributed by atoms with Gasteiger partial charge in [-0.1, -0.05) is 54.1 Å². The molecule has 20 heavy (non-hydrogen) atoms. The molecule has 2 N–H and O–H groups in total. The Bertz CT molecular complexity index is 569. The maximum Gasteiger partial charge on any atom is 0.253 e. The maximum absolute atomic E-state index is 12.0. The van der Waals surface area contributed by atoms with Crippen LogP contribution in [-0.2, 0) is 4.79 Å². The fourth-order valence-electron chi connectivity index (χ4n) is 1.91. The third-order valence-corrected chi connectivity index (χ3v) is 3.34. The number of halogens is 1. The molecule has 0 fully saturated rings. The summed E-state index contributed by atoms with van der Waals surface area (Å²) in [6.07, 6.45) is -1.20. The van der Waals surface area contributed by atoms with Gasteiger partial charge in [0.1, 0.15) is 0 Å². The van der Waals surface area contributed by atoms with Crippen LogP contribution in [0.1, 0.15) is 30.2 Å². The number of rotatable bonds is 4. The molecule has 0 saturated heterocycles. The molecular weight excluding hydrogens is 274 g/mol. The minimum Gasteiger partial charge on any atom is -0.378 e. The predicted molar refractivity (Wildman–Crippen MR) is 79.4 cm³/mol. The van der Waals surface area contributed by atoms with Gasteiger partial charge in [0.25, 0.3) is 5.91 Å². The van der Waals surface area contributed by atoms with Gasteiger partial charge in [-0.15, -0.1) is 0 Å². The van der Waals surface area contributed by atoms with Crippen molar-refractivity contribution in [2.45, 2.75) is 19.1 Å². The molecule has 2 aromatic rings. The normalized spacial score (nSPS) is 13.6. The molecule has 4 heteroatoms. The summed E-state index contributed by atoms with van der Waals surface area (Å²) in [6, 6.07) is 16.0. The molecule has 0 radical (unpaired) electrons. The van der Waals surface area contributed by atoms with Crippen LogP contribution in [-0.4, -0.2) is 11.0 Å². The van der Waals surface area contributed by atoms with E-state index in [0.29, 0.717) is 10.6 Å². The average Bonchev–Trinajstić information content (AvgIpc) is 2.48. The number of carbonyl (C=O) groups excluding carboxylic acids is 1. The van der Waals surface area contributed by atoms with Gasteiger partial charge in [0.05, 0.1) is 6.04 Å². The van der Waals surface area contributed by atoms with E-state index in [2.05, 4.69) is 5.32 Å². The van der Waals surface area contributed by atoms with Gasteiger partial charge in [-0.2, -0.15) is 0 Å².